The molecule has 0 aliphatic carbocycles. The number of aromatic nitrogens is 1. The first kappa shape index (κ1) is 22.9. The zero-order valence-corrected chi connectivity index (χ0v) is 17.9. The first-order valence-electron chi connectivity index (χ1n) is 10.0. The van der Waals surface area contributed by atoms with Crippen molar-refractivity contribution in [3.63, 3.8) is 0 Å². The average Bonchev–Trinajstić information content (AvgIpc) is 3.20. The summed E-state index contributed by atoms with van der Waals surface area (Å²) in [7, 11) is 0. The fourth-order valence-corrected chi connectivity index (χ4v) is 4.07. The lowest BCUT2D eigenvalue weighted by Crippen LogP contribution is -2.42. The molecule has 2 heterocycles. The number of rotatable bonds is 10. The van der Waals surface area contributed by atoms with Crippen molar-refractivity contribution in [3.8, 4) is 10.6 Å². The maximum Gasteiger partial charge on any atom is 0.326 e. The summed E-state index contributed by atoms with van der Waals surface area (Å²) in [6.07, 6.45) is -0.193. The molecule has 1 unspecified atom stereocenters. The van der Waals surface area contributed by atoms with Gasteiger partial charge >= 0.3 is 5.97 Å². The number of carboxylic acids is 1. The fraction of sp³-hybridized carbons (Fsp3) is 0.429. The molecule has 1 fully saturated rings. The number of nitrogens with one attached hydrogen (secondary N) is 1. The van der Waals surface area contributed by atoms with Crippen molar-refractivity contribution in [2.75, 3.05) is 26.3 Å². The quantitative estimate of drug-likeness (QED) is 0.496. The monoisotopic (exact) mass is 446 g/mol. The third kappa shape index (κ3) is 7.12. The summed E-state index contributed by atoms with van der Waals surface area (Å²) in [5.41, 5.74) is 7.80. The predicted molar refractivity (Wildman–Crippen MR) is 115 cm³/mol. The normalized spacial score (nSPS) is 15.4. The number of nitrogens with two attached hydrogens (primary N) is 1. The number of carboxylic acid groups (broad SMARTS) is 1. The number of thiazole rings is 1. The van der Waals surface area contributed by atoms with E-state index in [1.54, 1.807) is 5.38 Å². The highest BCUT2D eigenvalue weighted by Gasteiger charge is 2.21. The molecule has 2 amide bonds. The smallest absolute Gasteiger partial charge is 0.326 e. The van der Waals surface area contributed by atoms with E-state index in [9.17, 15) is 19.5 Å². The van der Waals surface area contributed by atoms with Gasteiger partial charge in [-0.3, -0.25) is 14.5 Å². The largest absolute Gasteiger partial charge is 0.480 e. The molecule has 31 heavy (non-hydrogen) atoms. The highest BCUT2D eigenvalue weighted by Crippen LogP contribution is 2.24. The van der Waals surface area contributed by atoms with Crippen LogP contribution in [0.2, 0.25) is 0 Å². The number of benzene rings is 1. The van der Waals surface area contributed by atoms with Crippen LogP contribution in [0.5, 0.6) is 0 Å². The highest BCUT2D eigenvalue weighted by molar-refractivity contribution is 7.13. The summed E-state index contributed by atoms with van der Waals surface area (Å²) < 4.78 is 5.37. The van der Waals surface area contributed by atoms with Gasteiger partial charge in [-0.05, 0) is 12.0 Å². The molecule has 0 saturated carbocycles. The molecule has 1 aromatic carbocycles. The van der Waals surface area contributed by atoms with Gasteiger partial charge < -0.3 is 20.9 Å². The zero-order chi connectivity index (χ0) is 22.2. The minimum Gasteiger partial charge on any atom is -0.480 e. The van der Waals surface area contributed by atoms with E-state index in [2.05, 4.69) is 27.3 Å². The van der Waals surface area contributed by atoms with Crippen LogP contribution < -0.4 is 11.1 Å². The van der Waals surface area contributed by atoms with Crippen molar-refractivity contribution >= 4 is 29.1 Å². The van der Waals surface area contributed by atoms with E-state index in [1.165, 1.54) is 16.9 Å². The van der Waals surface area contributed by atoms with Gasteiger partial charge in [-0.2, -0.15) is 0 Å². The Bertz CT molecular complexity index is 909. The predicted octanol–water partition coefficient (Wildman–Crippen LogP) is 1.02. The van der Waals surface area contributed by atoms with Crippen molar-refractivity contribution in [1.29, 1.82) is 0 Å². The number of amides is 2. The molecule has 10 heteroatoms. The van der Waals surface area contributed by atoms with Gasteiger partial charge in [0.1, 0.15) is 11.0 Å². The standard InChI is InChI=1S/C21H26N4O5S/c22-18(26)6-5-17(21(28)29)24-19(27)11-16-13-31-20(23-16)15-3-1-14(2-4-15)12-25-7-9-30-10-8-25/h1-4,13,17H,5-12H2,(H2,22,26)(H,24,27)(H,28,29). The molecular formula is C21H26N4O5S. The SMILES string of the molecule is NC(=O)CCC(NC(=O)Cc1csc(-c2ccc(CN3CCOCC3)cc2)n1)C(=O)O. The molecule has 9 nitrogen and oxygen atoms in total. The summed E-state index contributed by atoms with van der Waals surface area (Å²) in [5, 5.41) is 14.2. The minimum absolute atomic E-state index is 0.0357. The maximum absolute atomic E-state index is 12.2. The number of aliphatic carboxylic acids is 1. The van der Waals surface area contributed by atoms with Crippen LogP contribution in [-0.4, -0.2) is 65.1 Å². The summed E-state index contributed by atoms with van der Waals surface area (Å²) >= 11 is 1.43. The first-order chi connectivity index (χ1) is 14.9. The number of nitrogens with zero attached hydrogens (tertiary/aromatic N) is 2. The van der Waals surface area contributed by atoms with Crippen LogP contribution in [-0.2, 0) is 32.1 Å². The topological polar surface area (TPSA) is 135 Å². The van der Waals surface area contributed by atoms with Crippen molar-refractivity contribution in [2.45, 2.75) is 31.8 Å². The Hall–Kier alpha value is -2.82. The van der Waals surface area contributed by atoms with Crippen molar-refractivity contribution in [2.24, 2.45) is 5.73 Å². The second-order valence-corrected chi connectivity index (χ2v) is 8.23. The van der Waals surface area contributed by atoms with Crippen LogP contribution in [0.4, 0.5) is 0 Å². The lowest BCUT2D eigenvalue weighted by molar-refractivity contribution is -0.142. The van der Waals surface area contributed by atoms with Gasteiger partial charge in [0, 0.05) is 37.0 Å². The van der Waals surface area contributed by atoms with Crippen LogP contribution in [0.3, 0.4) is 0 Å². The molecule has 3 rings (SSSR count). The second-order valence-electron chi connectivity index (χ2n) is 7.37. The van der Waals surface area contributed by atoms with Crippen LogP contribution in [0, 0.1) is 0 Å². The number of morpholine rings is 1. The van der Waals surface area contributed by atoms with Crippen LogP contribution >= 0.6 is 11.3 Å². The molecule has 1 aliphatic rings. The van der Waals surface area contributed by atoms with E-state index in [0.717, 1.165) is 43.4 Å². The van der Waals surface area contributed by atoms with Crippen LogP contribution in [0.15, 0.2) is 29.6 Å². The fourth-order valence-electron chi connectivity index (χ4n) is 3.24. The molecule has 0 spiro atoms. The highest BCUT2D eigenvalue weighted by atomic mass is 32.1. The Balaban J connectivity index is 1.54. The molecule has 0 bridgehead atoms. The number of carbonyl (C=O) groups excluding carboxylic acids is 2. The van der Waals surface area contributed by atoms with Gasteiger partial charge in [-0.1, -0.05) is 24.3 Å². The number of hydrogen-bond donors (Lipinski definition) is 3. The molecule has 2 aromatic rings. The molecule has 1 aliphatic heterocycles. The van der Waals surface area contributed by atoms with Gasteiger partial charge in [-0.25, -0.2) is 9.78 Å². The van der Waals surface area contributed by atoms with Crippen LogP contribution in [0.25, 0.3) is 10.6 Å². The zero-order valence-electron chi connectivity index (χ0n) is 17.1. The number of carbonyl (C=O) groups is 3. The van der Waals surface area contributed by atoms with Crippen molar-refractivity contribution < 1.29 is 24.2 Å². The van der Waals surface area contributed by atoms with Gasteiger partial charge in [0.05, 0.1) is 25.3 Å². The number of hydrogen-bond acceptors (Lipinski definition) is 7. The third-order valence-corrected chi connectivity index (χ3v) is 5.86. The summed E-state index contributed by atoms with van der Waals surface area (Å²) in [5.74, 6) is -2.28. The lowest BCUT2D eigenvalue weighted by Gasteiger charge is -2.26. The van der Waals surface area contributed by atoms with E-state index in [-0.39, 0.29) is 19.3 Å². The molecule has 1 atom stereocenters. The minimum atomic E-state index is -1.20. The third-order valence-electron chi connectivity index (χ3n) is 4.92. The van der Waals surface area contributed by atoms with E-state index in [1.807, 2.05) is 12.1 Å². The summed E-state index contributed by atoms with van der Waals surface area (Å²) in [4.78, 5) is 41.2. The first-order valence-corrected chi connectivity index (χ1v) is 10.9. The molecule has 0 radical (unpaired) electrons. The Labute approximate surface area is 184 Å². The molecule has 166 valence electrons. The summed E-state index contributed by atoms with van der Waals surface area (Å²) in [6.45, 7) is 4.29. The maximum atomic E-state index is 12.2. The molecular weight excluding hydrogens is 420 g/mol. The van der Waals surface area contributed by atoms with E-state index in [0.29, 0.717) is 5.69 Å². The summed E-state index contributed by atoms with van der Waals surface area (Å²) in [6, 6.07) is 7.03. The van der Waals surface area contributed by atoms with Crippen molar-refractivity contribution in [1.82, 2.24) is 15.2 Å². The number of ether oxygens (including phenoxy) is 1. The van der Waals surface area contributed by atoms with Gasteiger partial charge in [0.25, 0.3) is 0 Å². The average molecular weight is 447 g/mol. The second kappa shape index (κ2) is 11.0. The Morgan fingerprint density at radius 1 is 1.23 bits per heavy atom. The van der Waals surface area contributed by atoms with Crippen LogP contribution in [0.1, 0.15) is 24.1 Å². The van der Waals surface area contributed by atoms with Gasteiger partial charge in [-0.15, -0.1) is 11.3 Å². The molecule has 4 N–H and O–H groups in total. The van der Waals surface area contributed by atoms with Crippen molar-refractivity contribution in [3.05, 3.63) is 40.9 Å². The van der Waals surface area contributed by atoms with E-state index < -0.39 is 23.8 Å². The van der Waals surface area contributed by atoms with E-state index >= 15 is 0 Å². The Morgan fingerprint density at radius 2 is 1.94 bits per heavy atom. The van der Waals surface area contributed by atoms with Gasteiger partial charge in [0.15, 0.2) is 0 Å². The van der Waals surface area contributed by atoms with E-state index in [4.69, 9.17) is 10.5 Å². The number of primary amides is 1. The molecule has 1 saturated heterocycles. The lowest BCUT2D eigenvalue weighted by atomic mass is 10.1. The molecule has 1 aromatic heterocycles. The van der Waals surface area contributed by atoms with Gasteiger partial charge in [0.2, 0.25) is 11.8 Å². The Kier molecular flexibility index (Phi) is 8.10. The Morgan fingerprint density at radius 3 is 2.58 bits per heavy atom.